The maximum absolute atomic E-state index is 10.8. The Kier molecular flexibility index (Phi) is 5.88. The fourth-order valence-electron chi connectivity index (χ4n) is 2.86. The molecular weight excluding hydrogens is 368 g/mol. The third-order valence-corrected chi connectivity index (χ3v) is 4.26. The number of hydrogen-bond acceptors (Lipinski definition) is 7. The maximum atomic E-state index is 10.8. The van der Waals surface area contributed by atoms with Gasteiger partial charge in [0.1, 0.15) is 23.9 Å². The van der Waals surface area contributed by atoms with Gasteiger partial charge >= 0.3 is 0 Å². The lowest BCUT2D eigenvalue weighted by Gasteiger charge is -2.21. The van der Waals surface area contributed by atoms with Crippen LogP contribution in [0.2, 0.25) is 0 Å². The Bertz CT molecular complexity index is 1030. The highest BCUT2D eigenvalue weighted by Gasteiger charge is 2.37. The predicted octanol–water partition coefficient (Wildman–Crippen LogP) is 1.76. The molecule has 1 heterocycles. The van der Waals surface area contributed by atoms with Crippen LogP contribution in [0.1, 0.15) is 5.56 Å². The van der Waals surface area contributed by atoms with Crippen LogP contribution in [0.5, 0.6) is 5.75 Å². The summed E-state index contributed by atoms with van der Waals surface area (Å²) < 4.78 is 5.21. The quantitative estimate of drug-likeness (QED) is 0.725. The molecule has 0 spiro atoms. The number of hydrogen-bond donors (Lipinski definition) is 2. The Hall–Kier alpha value is -4.14. The molecule has 0 saturated carbocycles. The summed E-state index contributed by atoms with van der Waals surface area (Å²) in [7, 11) is 0. The van der Waals surface area contributed by atoms with E-state index >= 15 is 0 Å². The molecule has 29 heavy (non-hydrogen) atoms. The SMILES string of the molecule is N#CC(=Cc1ccc(OCC(N)=O)cc1)C1=NN(c2ccccc2)C(N)C1C#N. The zero-order valence-corrected chi connectivity index (χ0v) is 15.4. The molecule has 2 aromatic carbocycles. The van der Waals surface area contributed by atoms with Gasteiger partial charge in [-0.25, -0.2) is 5.01 Å². The van der Waals surface area contributed by atoms with Gasteiger partial charge < -0.3 is 16.2 Å². The molecule has 3 rings (SSSR count). The summed E-state index contributed by atoms with van der Waals surface area (Å²) in [6.07, 6.45) is 0.932. The Morgan fingerprint density at radius 1 is 1.17 bits per heavy atom. The van der Waals surface area contributed by atoms with Crippen molar-refractivity contribution in [2.75, 3.05) is 11.6 Å². The Morgan fingerprint density at radius 2 is 1.86 bits per heavy atom. The number of nitriles is 2. The lowest BCUT2D eigenvalue weighted by molar-refractivity contribution is -0.119. The molecule has 4 N–H and O–H groups in total. The molecule has 0 saturated heterocycles. The molecule has 0 aliphatic carbocycles. The van der Waals surface area contributed by atoms with Gasteiger partial charge in [0, 0.05) is 0 Å². The number of nitrogens with zero attached hydrogens (tertiary/aromatic N) is 4. The van der Waals surface area contributed by atoms with E-state index in [0.717, 1.165) is 5.69 Å². The van der Waals surface area contributed by atoms with E-state index in [0.29, 0.717) is 17.0 Å². The summed E-state index contributed by atoms with van der Waals surface area (Å²) in [6.45, 7) is -0.216. The maximum Gasteiger partial charge on any atom is 0.255 e. The number of ether oxygens (including phenoxy) is 1. The van der Waals surface area contributed by atoms with Crippen LogP contribution in [0.15, 0.2) is 65.3 Å². The van der Waals surface area contributed by atoms with Gasteiger partial charge in [-0.2, -0.15) is 15.6 Å². The molecule has 0 aromatic heterocycles. The topological polar surface area (TPSA) is 142 Å². The van der Waals surface area contributed by atoms with Crippen molar-refractivity contribution in [1.82, 2.24) is 0 Å². The van der Waals surface area contributed by atoms with E-state index in [1.165, 1.54) is 0 Å². The number of benzene rings is 2. The van der Waals surface area contributed by atoms with Crippen molar-refractivity contribution in [1.29, 1.82) is 10.5 Å². The van der Waals surface area contributed by atoms with Crippen molar-refractivity contribution in [3.8, 4) is 17.9 Å². The first-order valence-electron chi connectivity index (χ1n) is 8.75. The van der Waals surface area contributed by atoms with Crippen LogP contribution < -0.4 is 21.2 Å². The fourth-order valence-corrected chi connectivity index (χ4v) is 2.86. The number of hydrazone groups is 1. The molecule has 8 nitrogen and oxygen atoms in total. The second kappa shape index (κ2) is 8.70. The first-order chi connectivity index (χ1) is 14.0. The predicted molar refractivity (Wildman–Crippen MR) is 108 cm³/mol. The molecule has 2 aromatic rings. The molecule has 1 aliphatic rings. The zero-order valence-electron chi connectivity index (χ0n) is 15.4. The number of nitrogens with two attached hydrogens (primary N) is 2. The normalized spacial score (nSPS) is 18.5. The number of primary amides is 1. The number of carbonyl (C=O) groups excluding carboxylic acids is 1. The van der Waals surface area contributed by atoms with Crippen molar-refractivity contribution in [2.24, 2.45) is 22.5 Å². The summed E-state index contributed by atoms with van der Waals surface area (Å²) in [5.74, 6) is -0.842. The Balaban J connectivity index is 1.89. The van der Waals surface area contributed by atoms with Gasteiger partial charge in [-0.3, -0.25) is 4.79 Å². The van der Waals surface area contributed by atoms with Crippen molar-refractivity contribution in [2.45, 2.75) is 6.17 Å². The zero-order chi connectivity index (χ0) is 20.8. The molecule has 0 bridgehead atoms. The molecule has 2 unspecified atom stereocenters. The lowest BCUT2D eigenvalue weighted by atomic mass is 9.95. The van der Waals surface area contributed by atoms with Crippen molar-refractivity contribution >= 4 is 23.4 Å². The molecule has 2 atom stereocenters. The average molecular weight is 386 g/mol. The summed E-state index contributed by atoms with van der Waals surface area (Å²) in [5.41, 5.74) is 13.3. The van der Waals surface area contributed by atoms with Crippen LogP contribution in [0, 0.1) is 28.6 Å². The number of allylic oxidation sites excluding steroid dienone is 1. The van der Waals surface area contributed by atoms with E-state index in [9.17, 15) is 15.3 Å². The largest absolute Gasteiger partial charge is 0.484 e. The van der Waals surface area contributed by atoms with Crippen LogP contribution in [0.4, 0.5) is 5.69 Å². The Labute approximate surface area is 167 Å². The standard InChI is InChI=1S/C21H18N6O2/c22-11-15(10-14-6-8-17(9-7-14)29-13-19(24)28)20-18(12-23)21(25)27(26-20)16-4-2-1-3-5-16/h1-10,18,21H,13,25H2,(H2,24,28). The van der Waals surface area contributed by atoms with Crippen LogP contribution in [-0.4, -0.2) is 24.4 Å². The molecule has 0 radical (unpaired) electrons. The summed E-state index contributed by atoms with van der Waals surface area (Å²) >= 11 is 0. The third-order valence-electron chi connectivity index (χ3n) is 4.26. The first kappa shape index (κ1) is 19.6. The molecule has 0 fully saturated rings. The summed E-state index contributed by atoms with van der Waals surface area (Å²) in [5, 5.41) is 25.3. The fraction of sp³-hybridized carbons (Fsp3) is 0.143. The number of rotatable bonds is 6. The van der Waals surface area contributed by atoms with Gasteiger partial charge in [-0.1, -0.05) is 30.3 Å². The molecular formula is C21H18N6O2. The van der Waals surface area contributed by atoms with Crippen LogP contribution in [-0.2, 0) is 4.79 Å². The van der Waals surface area contributed by atoms with Gasteiger partial charge in [0.25, 0.3) is 5.91 Å². The highest BCUT2D eigenvalue weighted by atomic mass is 16.5. The molecule has 8 heteroatoms. The molecule has 1 aliphatic heterocycles. The lowest BCUT2D eigenvalue weighted by Crippen LogP contribution is -2.40. The Morgan fingerprint density at radius 3 is 2.45 bits per heavy atom. The van der Waals surface area contributed by atoms with Gasteiger partial charge in [-0.05, 0) is 35.9 Å². The van der Waals surface area contributed by atoms with E-state index in [1.54, 1.807) is 35.4 Å². The number of carbonyl (C=O) groups is 1. The number of amides is 1. The second-order valence-electron chi connectivity index (χ2n) is 6.26. The minimum absolute atomic E-state index is 0.216. The monoisotopic (exact) mass is 386 g/mol. The van der Waals surface area contributed by atoms with E-state index in [4.69, 9.17) is 16.2 Å². The van der Waals surface area contributed by atoms with E-state index in [-0.39, 0.29) is 12.2 Å². The number of anilines is 1. The minimum atomic E-state index is -0.751. The highest BCUT2D eigenvalue weighted by molar-refractivity contribution is 6.11. The molecule has 1 amide bonds. The van der Waals surface area contributed by atoms with Gasteiger partial charge in [0.15, 0.2) is 6.61 Å². The van der Waals surface area contributed by atoms with Crippen LogP contribution in [0.3, 0.4) is 0 Å². The van der Waals surface area contributed by atoms with Gasteiger partial charge in [0.2, 0.25) is 0 Å². The van der Waals surface area contributed by atoms with Crippen LogP contribution in [0.25, 0.3) is 6.08 Å². The first-order valence-corrected chi connectivity index (χ1v) is 8.75. The minimum Gasteiger partial charge on any atom is -0.484 e. The van der Waals surface area contributed by atoms with Crippen molar-refractivity contribution < 1.29 is 9.53 Å². The van der Waals surface area contributed by atoms with Gasteiger partial charge in [-0.15, -0.1) is 0 Å². The second-order valence-corrected chi connectivity index (χ2v) is 6.26. The van der Waals surface area contributed by atoms with Crippen molar-refractivity contribution in [3.05, 3.63) is 65.7 Å². The smallest absolute Gasteiger partial charge is 0.255 e. The summed E-state index contributed by atoms with van der Waals surface area (Å²) in [4.78, 5) is 10.8. The van der Waals surface area contributed by atoms with Crippen molar-refractivity contribution in [3.63, 3.8) is 0 Å². The third kappa shape index (κ3) is 4.41. The van der Waals surface area contributed by atoms with Gasteiger partial charge in [0.05, 0.1) is 23.0 Å². The average Bonchev–Trinajstić information content (AvgIpc) is 3.08. The van der Waals surface area contributed by atoms with E-state index in [2.05, 4.69) is 17.2 Å². The number of para-hydroxylation sites is 1. The van der Waals surface area contributed by atoms with Crippen LogP contribution >= 0.6 is 0 Å². The molecule has 144 valence electrons. The summed E-state index contributed by atoms with van der Waals surface area (Å²) in [6, 6.07) is 20.2. The van der Waals surface area contributed by atoms with E-state index < -0.39 is 18.0 Å². The van der Waals surface area contributed by atoms with E-state index in [1.807, 2.05) is 30.3 Å². The highest BCUT2D eigenvalue weighted by Crippen LogP contribution is 2.28.